The molecule has 0 aromatic rings. The molecule has 0 aromatic carbocycles. The first-order chi connectivity index (χ1) is 9.02. The average Bonchev–Trinajstić information content (AvgIpc) is 2.36. The van der Waals surface area contributed by atoms with E-state index in [1.165, 1.54) is 19.3 Å². The summed E-state index contributed by atoms with van der Waals surface area (Å²) >= 11 is 0. The van der Waals surface area contributed by atoms with Crippen LogP contribution in [-0.4, -0.2) is 56.0 Å². The Kier molecular flexibility index (Phi) is 5.09. The molecule has 1 aliphatic carbocycles. The van der Waals surface area contributed by atoms with E-state index in [4.69, 9.17) is 4.74 Å². The molecule has 1 saturated carbocycles. The summed E-state index contributed by atoms with van der Waals surface area (Å²) in [5.41, 5.74) is 0.165. The van der Waals surface area contributed by atoms with Crippen LogP contribution >= 0.6 is 0 Å². The van der Waals surface area contributed by atoms with Crippen molar-refractivity contribution in [1.82, 2.24) is 10.2 Å². The minimum atomic E-state index is -4.22. The van der Waals surface area contributed by atoms with Crippen LogP contribution in [-0.2, 0) is 4.74 Å². The monoisotopic (exact) mass is 280 g/mol. The summed E-state index contributed by atoms with van der Waals surface area (Å²) in [6.45, 7) is 2.44. The Hall–Kier alpha value is -0.330. The van der Waals surface area contributed by atoms with Gasteiger partial charge in [0.15, 0.2) is 0 Å². The summed E-state index contributed by atoms with van der Waals surface area (Å²) in [6, 6.07) is 0. The predicted octanol–water partition coefficient (Wildman–Crippen LogP) is 2.17. The Morgan fingerprint density at radius 1 is 1.16 bits per heavy atom. The van der Waals surface area contributed by atoms with Crippen LogP contribution in [0.3, 0.4) is 0 Å². The van der Waals surface area contributed by atoms with Crippen LogP contribution in [0.5, 0.6) is 0 Å². The minimum Gasteiger partial charge on any atom is -0.371 e. The third kappa shape index (κ3) is 4.33. The number of piperazine rings is 1. The highest BCUT2D eigenvalue weighted by molar-refractivity contribution is 4.97. The zero-order valence-corrected chi connectivity index (χ0v) is 11.3. The van der Waals surface area contributed by atoms with Gasteiger partial charge in [-0.25, -0.2) is 0 Å². The second-order valence-corrected chi connectivity index (χ2v) is 5.62. The van der Waals surface area contributed by atoms with E-state index in [1.807, 2.05) is 0 Å². The first-order valence-corrected chi connectivity index (χ1v) is 7.12. The average molecular weight is 280 g/mol. The Bertz CT molecular complexity index is 269. The Morgan fingerprint density at radius 2 is 1.89 bits per heavy atom. The van der Waals surface area contributed by atoms with E-state index in [9.17, 15) is 13.2 Å². The fraction of sp³-hybridized carbons (Fsp3) is 1.00. The van der Waals surface area contributed by atoms with E-state index in [0.29, 0.717) is 6.54 Å². The normalized spacial score (nSPS) is 24.8. The van der Waals surface area contributed by atoms with Crippen molar-refractivity contribution in [1.29, 1.82) is 0 Å². The Labute approximate surface area is 112 Å². The molecule has 0 amide bonds. The number of nitrogens with one attached hydrogen (secondary N) is 1. The first kappa shape index (κ1) is 15.1. The van der Waals surface area contributed by atoms with Gasteiger partial charge in [-0.15, -0.1) is 0 Å². The first-order valence-electron chi connectivity index (χ1n) is 7.12. The largest absolute Gasteiger partial charge is 0.411 e. The topological polar surface area (TPSA) is 24.5 Å². The smallest absolute Gasteiger partial charge is 0.371 e. The molecule has 2 fully saturated rings. The molecule has 1 heterocycles. The van der Waals surface area contributed by atoms with E-state index < -0.39 is 12.8 Å². The van der Waals surface area contributed by atoms with Gasteiger partial charge in [0.2, 0.25) is 0 Å². The van der Waals surface area contributed by atoms with Crippen molar-refractivity contribution < 1.29 is 17.9 Å². The lowest BCUT2D eigenvalue weighted by Crippen LogP contribution is -2.62. The number of alkyl halides is 3. The molecular weight excluding hydrogens is 257 g/mol. The molecule has 0 bridgehead atoms. The number of hydrogen-bond donors (Lipinski definition) is 1. The highest BCUT2D eigenvalue weighted by Gasteiger charge is 2.39. The number of rotatable bonds is 4. The maximum absolute atomic E-state index is 12.0. The standard InChI is InChI=1S/C13H23F3N2O/c14-13(15,16)11-19-9-8-18-7-6-17-10-12(18)4-2-1-3-5-12/h17H,1-11H2. The Morgan fingerprint density at radius 3 is 2.58 bits per heavy atom. The summed E-state index contributed by atoms with van der Waals surface area (Å²) < 4.78 is 40.8. The van der Waals surface area contributed by atoms with Crippen LogP contribution in [0.4, 0.5) is 13.2 Å². The van der Waals surface area contributed by atoms with Crippen LogP contribution in [0, 0.1) is 0 Å². The lowest BCUT2D eigenvalue weighted by Gasteiger charge is -2.50. The van der Waals surface area contributed by atoms with Gasteiger partial charge in [-0.2, -0.15) is 13.2 Å². The van der Waals surface area contributed by atoms with Gasteiger partial charge in [0.25, 0.3) is 0 Å². The van der Waals surface area contributed by atoms with Crippen molar-refractivity contribution in [2.45, 2.75) is 43.8 Å². The van der Waals surface area contributed by atoms with E-state index in [2.05, 4.69) is 10.2 Å². The lowest BCUT2D eigenvalue weighted by atomic mass is 9.79. The van der Waals surface area contributed by atoms with E-state index in [1.54, 1.807) is 0 Å². The molecule has 19 heavy (non-hydrogen) atoms. The number of nitrogens with zero attached hydrogens (tertiary/aromatic N) is 1. The fourth-order valence-corrected chi connectivity index (χ4v) is 3.30. The highest BCUT2D eigenvalue weighted by Crippen LogP contribution is 2.34. The van der Waals surface area contributed by atoms with E-state index in [-0.39, 0.29) is 12.1 Å². The van der Waals surface area contributed by atoms with Crippen molar-refractivity contribution >= 4 is 0 Å². The van der Waals surface area contributed by atoms with E-state index >= 15 is 0 Å². The molecule has 0 aromatic heterocycles. The molecule has 6 heteroatoms. The third-order valence-electron chi connectivity index (χ3n) is 4.24. The second-order valence-electron chi connectivity index (χ2n) is 5.62. The SMILES string of the molecule is FC(F)(F)COCCN1CCNCC12CCCCC2. The van der Waals surface area contributed by atoms with Gasteiger partial charge in [0.1, 0.15) is 6.61 Å². The van der Waals surface area contributed by atoms with Gasteiger partial charge in [-0.05, 0) is 12.8 Å². The summed E-state index contributed by atoms with van der Waals surface area (Å²) in [5.74, 6) is 0. The Balaban J connectivity index is 1.79. The number of halogens is 3. The van der Waals surface area contributed by atoms with Crippen molar-refractivity contribution in [2.24, 2.45) is 0 Å². The molecule has 2 aliphatic rings. The minimum absolute atomic E-state index is 0.165. The van der Waals surface area contributed by atoms with Gasteiger partial charge in [-0.3, -0.25) is 4.90 Å². The van der Waals surface area contributed by atoms with Crippen LogP contribution < -0.4 is 5.32 Å². The number of ether oxygens (including phenoxy) is 1. The summed E-state index contributed by atoms with van der Waals surface area (Å²) in [6.07, 6.45) is 1.81. The van der Waals surface area contributed by atoms with Crippen molar-refractivity contribution in [3.63, 3.8) is 0 Å². The summed E-state index contributed by atoms with van der Waals surface area (Å²) in [4.78, 5) is 2.35. The second kappa shape index (κ2) is 6.41. The van der Waals surface area contributed by atoms with E-state index in [0.717, 1.165) is 32.5 Å². The third-order valence-corrected chi connectivity index (χ3v) is 4.24. The molecule has 1 N–H and O–H groups in total. The molecule has 0 atom stereocenters. The van der Waals surface area contributed by atoms with Crippen LogP contribution in [0.25, 0.3) is 0 Å². The fourth-order valence-electron chi connectivity index (χ4n) is 3.30. The van der Waals surface area contributed by atoms with Crippen molar-refractivity contribution in [3.05, 3.63) is 0 Å². The van der Waals surface area contributed by atoms with Crippen LogP contribution in [0.1, 0.15) is 32.1 Å². The molecule has 1 spiro atoms. The van der Waals surface area contributed by atoms with Gasteiger partial charge in [-0.1, -0.05) is 19.3 Å². The molecule has 1 saturated heterocycles. The molecule has 1 aliphatic heterocycles. The lowest BCUT2D eigenvalue weighted by molar-refractivity contribution is -0.175. The van der Waals surface area contributed by atoms with Crippen molar-refractivity contribution in [2.75, 3.05) is 39.4 Å². The van der Waals surface area contributed by atoms with Crippen molar-refractivity contribution in [3.8, 4) is 0 Å². The maximum atomic E-state index is 12.0. The van der Waals surface area contributed by atoms with Crippen LogP contribution in [0.15, 0.2) is 0 Å². The molecule has 112 valence electrons. The van der Waals surface area contributed by atoms with Crippen LogP contribution in [0.2, 0.25) is 0 Å². The molecule has 0 radical (unpaired) electrons. The summed E-state index contributed by atoms with van der Waals surface area (Å²) in [7, 11) is 0. The number of hydrogen-bond acceptors (Lipinski definition) is 3. The maximum Gasteiger partial charge on any atom is 0.411 e. The highest BCUT2D eigenvalue weighted by atomic mass is 19.4. The molecular formula is C13H23F3N2O. The zero-order valence-electron chi connectivity index (χ0n) is 11.3. The quantitative estimate of drug-likeness (QED) is 0.799. The molecule has 0 unspecified atom stereocenters. The predicted molar refractivity (Wildman–Crippen MR) is 67.1 cm³/mol. The molecule has 3 nitrogen and oxygen atoms in total. The molecule has 2 rings (SSSR count). The zero-order chi connectivity index (χ0) is 13.8. The summed E-state index contributed by atoms with van der Waals surface area (Å²) in [5, 5.41) is 3.43. The van der Waals surface area contributed by atoms with Gasteiger partial charge < -0.3 is 10.1 Å². The van der Waals surface area contributed by atoms with Gasteiger partial charge in [0, 0.05) is 31.7 Å². The van der Waals surface area contributed by atoms with Gasteiger partial charge in [0.05, 0.1) is 6.61 Å². The van der Waals surface area contributed by atoms with Gasteiger partial charge >= 0.3 is 6.18 Å².